The maximum absolute atomic E-state index is 9.88. The summed E-state index contributed by atoms with van der Waals surface area (Å²) in [6.07, 6.45) is 5.59. The summed E-state index contributed by atoms with van der Waals surface area (Å²) in [5.41, 5.74) is 1.80. The lowest BCUT2D eigenvalue weighted by atomic mass is 9.84. The number of aromatic nitrogens is 1. The van der Waals surface area contributed by atoms with Crippen molar-refractivity contribution in [3.8, 4) is 0 Å². The first-order chi connectivity index (χ1) is 7.31. The lowest BCUT2D eigenvalue weighted by Gasteiger charge is -2.27. The van der Waals surface area contributed by atoms with Crippen molar-refractivity contribution >= 4 is 0 Å². The predicted molar refractivity (Wildman–Crippen MR) is 57.4 cm³/mol. The summed E-state index contributed by atoms with van der Waals surface area (Å²) in [5, 5.41) is 18.9. The summed E-state index contributed by atoms with van der Waals surface area (Å²) >= 11 is 0. The van der Waals surface area contributed by atoms with Gasteiger partial charge >= 0.3 is 0 Å². The Morgan fingerprint density at radius 3 is 2.87 bits per heavy atom. The van der Waals surface area contributed by atoms with Gasteiger partial charge in [-0.15, -0.1) is 0 Å². The standard InChI is InChI=1S/C12H17NO2/c14-8-9-5-6-13-11(7-9)10-3-1-2-4-12(10)15/h5-7,10,12,14-15H,1-4,8H2/t10-,12-/m1/s1. The Morgan fingerprint density at radius 1 is 1.33 bits per heavy atom. The first kappa shape index (κ1) is 10.6. The van der Waals surface area contributed by atoms with Crippen molar-refractivity contribution in [3.05, 3.63) is 29.6 Å². The summed E-state index contributed by atoms with van der Waals surface area (Å²) in [5.74, 6) is 0.158. The van der Waals surface area contributed by atoms with Crippen LogP contribution in [-0.4, -0.2) is 21.3 Å². The number of aliphatic hydroxyl groups excluding tert-OH is 2. The molecule has 2 rings (SSSR count). The van der Waals surface area contributed by atoms with Crippen LogP contribution in [-0.2, 0) is 6.61 Å². The molecule has 0 unspecified atom stereocenters. The van der Waals surface area contributed by atoms with Crippen LogP contribution in [0.1, 0.15) is 42.9 Å². The molecule has 0 radical (unpaired) electrons. The summed E-state index contributed by atoms with van der Waals surface area (Å²) in [7, 11) is 0. The van der Waals surface area contributed by atoms with E-state index in [1.165, 1.54) is 0 Å². The molecule has 1 aliphatic carbocycles. The van der Waals surface area contributed by atoms with E-state index < -0.39 is 0 Å². The second-order valence-corrected chi connectivity index (χ2v) is 4.21. The predicted octanol–water partition coefficient (Wildman–Crippen LogP) is 1.59. The van der Waals surface area contributed by atoms with Crippen LogP contribution in [0.5, 0.6) is 0 Å². The number of nitrogens with zero attached hydrogens (tertiary/aromatic N) is 1. The molecule has 2 N–H and O–H groups in total. The number of hydrogen-bond acceptors (Lipinski definition) is 3. The highest BCUT2D eigenvalue weighted by Gasteiger charge is 2.25. The lowest BCUT2D eigenvalue weighted by molar-refractivity contribution is 0.104. The van der Waals surface area contributed by atoms with Gasteiger partial charge in [0, 0.05) is 17.8 Å². The molecule has 15 heavy (non-hydrogen) atoms. The fourth-order valence-corrected chi connectivity index (χ4v) is 2.25. The molecule has 0 bridgehead atoms. The zero-order chi connectivity index (χ0) is 10.7. The minimum atomic E-state index is -0.264. The number of rotatable bonds is 2. The van der Waals surface area contributed by atoms with Gasteiger partial charge in [0.05, 0.1) is 12.7 Å². The van der Waals surface area contributed by atoms with Gasteiger partial charge in [0.25, 0.3) is 0 Å². The van der Waals surface area contributed by atoms with Crippen LogP contribution in [0.25, 0.3) is 0 Å². The Bertz CT molecular complexity index is 327. The van der Waals surface area contributed by atoms with Crippen molar-refractivity contribution in [1.29, 1.82) is 0 Å². The Morgan fingerprint density at radius 2 is 2.13 bits per heavy atom. The molecule has 1 saturated carbocycles. The van der Waals surface area contributed by atoms with Crippen molar-refractivity contribution in [2.75, 3.05) is 0 Å². The maximum Gasteiger partial charge on any atom is 0.0683 e. The normalized spacial score (nSPS) is 26.5. The average Bonchev–Trinajstić information content (AvgIpc) is 2.30. The third kappa shape index (κ3) is 2.36. The van der Waals surface area contributed by atoms with Crippen LogP contribution in [0.15, 0.2) is 18.3 Å². The van der Waals surface area contributed by atoms with Gasteiger partial charge in [0.2, 0.25) is 0 Å². The molecule has 1 aromatic rings. The largest absolute Gasteiger partial charge is 0.392 e. The van der Waals surface area contributed by atoms with E-state index in [0.717, 1.165) is 36.9 Å². The second kappa shape index (κ2) is 4.73. The van der Waals surface area contributed by atoms with Gasteiger partial charge in [-0.2, -0.15) is 0 Å². The Kier molecular flexibility index (Phi) is 3.34. The van der Waals surface area contributed by atoms with Gasteiger partial charge < -0.3 is 10.2 Å². The Hall–Kier alpha value is -0.930. The molecule has 1 fully saturated rings. The minimum absolute atomic E-state index is 0.0400. The summed E-state index contributed by atoms with van der Waals surface area (Å²) in [6, 6.07) is 3.71. The van der Waals surface area contributed by atoms with Crippen LogP contribution >= 0.6 is 0 Å². The molecule has 0 saturated heterocycles. The number of pyridine rings is 1. The van der Waals surface area contributed by atoms with Gasteiger partial charge in [-0.3, -0.25) is 4.98 Å². The van der Waals surface area contributed by atoms with E-state index in [9.17, 15) is 5.11 Å². The Labute approximate surface area is 89.8 Å². The zero-order valence-corrected chi connectivity index (χ0v) is 8.76. The number of aliphatic hydroxyl groups is 2. The summed E-state index contributed by atoms with van der Waals surface area (Å²) < 4.78 is 0. The fraction of sp³-hybridized carbons (Fsp3) is 0.583. The fourth-order valence-electron chi connectivity index (χ4n) is 2.25. The third-order valence-electron chi connectivity index (χ3n) is 3.14. The maximum atomic E-state index is 9.88. The molecule has 0 amide bonds. The topological polar surface area (TPSA) is 53.4 Å². The highest BCUT2D eigenvalue weighted by atomic mass is 16.3. The van der Waals surface area contributed by atoms with E-state index in [1.807, 2.05) is 6.07 Å². The minimum Gasteiger partial charge on any atom is -0.392 e. The van der Waals surface area contributed by atoms with Crippen molar-refractivity contribution in [1.82, 2.24) is 4.98 Å². The molecule has 1 aliphatic rings. The lowest BCUT2D eigenvalue weighted by Crippen LogP contribution is -2.23. The molecule has 1 heterocycles. The van der Waals surface area contributed by atoms with Crippen LogP contribution in [0.2, 0.25) is 0 Å². The SMILES string of the molecule is OCc1ccnc([C@H]2CCCC[C@H]2O)c1. The van der Waals surface area contributed by atoms with Crippen molar-refractivity contribution in [3.63, 3.8) is 0 Å². The van der Waals surface area contributed by atoms with Gasteiger partial charge in [0.1, 0.15) is 0 Å². The second-order valence-electron chi connectivity index (χ2n) is 4.21. The van der Waals surface area contributed by atoms with E-state index >= 15 is 0 Å². The summed E-state index contributed by atoms with van der Waals surface area (Å²) in [4.78, 5) is 4.29. The monoisotopic (exact) mass is 207 g/mol. The third-order valence-corrected chi connectivity index (χ3v) is 3.14. The molecule has 1 aromatic heterocycles. The van der Waals surface area contributed by atoms with E-state index in [2.05, 4.69) is 4.98 Å². The molecule has 0 spiro atoms. The van der Waals surface area contributed by atoms with Gasteiger partial charge in [-0.05, 0) is 30.5 Å². The molecule has 0 aliphatic heterocycles. The van der Waals surface area contributed by atoms with Crippen molar-refractivity contribution in [2.24, 2.45) is 0 Å². The van der Waals surface area contributed by atoms with Gasteiger partial charge in [0.15, 0.2) is 0 Å². The quantitative estimate of drug-likeness (QED) is 0.774. The Balaban J connectivity index is 2.19. The molecule has 3 heteroatoms. The van der Waals surface area contributed by atoms with Gasteiger partial charge in [-0.1, -0.05) is 12.8 Å². The summed E-state index contributed by atoms with van der Waals surface area (Å²) in [6.45, 7) is 0.0400. The van der Waals surface area contributed by atoms with E-state index in [4.69, 9.17) is 5.11 Å². The van der Waals surface area contributed by atoms with E-state index in [0.29, 0.717) is 0 Å². The number of hydrogen-bond donors (Lipinski definition) is 2. The smallest absolute Gasteiger partial charge is 0.0683 e. The molecule has 2 atom stereocenters. The van der Waals surface area contributed by atoms with E-state index in [-0.39, 0.29) is 18.6 Å². The molecular weight excluding hydrogens is 190 g/mol. The van der Waals surface area contributed by atoms with Crippen LogP contribution in [0, 0.1) is 0 Å². The molecule has 82 valence electrons. The highest BCUT2D eigenvalue weighted by Crippen LogP contribution is 2.32. The molecule has 3 nitrogen and oxygen atoms in total. The van der Waals surface area contributed by atoms with Crippen molar-refractivity contribution < 1.29 is 10.2 Å². The first-order valence-electron chi connectivity index (χ1n) is 5.55. The van der Waals surface area contributed by atoms with Gasteiger partial charge in [-0.25, -0.2) is 0 Å². The van der Waals surface area contributed by atoms with Crippen molar-refractivity contribution in [2.45, 2.75) is 44.3 Å². The van der Waals surface area contributed by atoms with Crippen LogP contribution in [0.4, 0.5) is 0 Å². The first-order valence-corrected chi connectivity index (χ1v) is 5.55. The van der Waals surface area contributed by atoms with Crippen LogP contribution in [0.3, 0.4) is 0 Å². The average molecular weight is 207 g/mol. The van der Waals surface area contributed by atoms with E-state index in [1.54, 1.807) is 12.3 Å². The van der Waals surface area contributed by atoms with Crippen LogP contribution < -0.4 is 0 Å². The highest BCUT2D eigenvalue weighted by molar-refractivity contribution is 5.19. The molecular formula is C12H17NO2. The molecule has 0 aromatic carbocycles. The zero-order valence-electron chi connectivity index (χ0n) is 8.76.